The minimum absolute atomic E-state index is 0.113. The molecule has 2 fully saturated rings. The topological polar surface area (TPSA) is 68.7 Å². The number of rotatable bonds is 3. The molecule has 0 spiro atoms. The van der Waals surface area contributed by atoms with Gasteiger partial charge < -0.3 is 9.47 Å². The van der Waals surface area contributed by atoms with E-state index in [1.807, 2.05) is 0 Å². The summed E-state index contributed by atoms with van der Waals surface area (Å²) in [6.07, 6.45) is 3.16. The number of pyridine rings is 1. The number of aromatic nitrogens is 1. The van der Waals surface area contributed by atoms with Crippen molar-refractivity contribution in [2.24, 2.45) is 0 Å². The maximum absolute atomic E-state index is 13.7. The fourth-order valence-electron chi connectivity index (χ4n) is 3.01. The molecule has 2 aliphatic rings. The number of halogens is 1. The van der Waals surface area contributed by atoms with Gasteiger partial charge in [-0.05, 0) is 25.0 Å². The summed E-state index contributed by atoms with van der Waals surface area (Å²) in [6, 6.07) is 2.40. The molecule has 3 atom stereocenters. The first-order chi connectivity index (χ1) is 9.97. The fourth-order valence-corrected chi connectivity index (χ4v) is 4.13. The molecule has 0 amide bonds. The molecule has 1 aliphatic heterocycles. The van der Waals surface area contributed by atoms with Crippen LogP contribution >= 0.6 is 0 Å². The van der Waals surface area contributed by atoms with Crippen molar-refractivity contribution in [2.75, 3.05) is 19.4 Å². The van der Waals surface area contributed by atoms with E-state index in [0.29, 0.717) is 26.0 Å². The molecule has 6 nitrogen and oxygen atoms in total. The van der Waals surface area contributed by atoms with Crippen LogP contribution in [0.5, 0.6) is 5.88 Å². The fraction of sp³-hybridized carbons (Fsp3) is 0.615. The van der Waals surface area contributed by atoms with E-state index in [0.717, 1.165) is 0 Å². The maximum atomic E-state index is 13.7. The van der Waals surface area contributed by atoms with Gasteiger partial charge in [0.15, 0.2) is 5.82 Å². The van der Waals surface area contributed by atoms with Crippen LogP contribution in [0.1, 0.15) is 12.8 Å². The van der Waals surface area contributed by atoms with Crippen LogP contribution in [0, 0.1) is 5.82 Å². The Morgan fingerprint density at radius 1 is 1.48 bits per heavy atom. The highest BCUT2D eigenvalue weighted by Gasteiger charge is 2.47. The van der Waals surface area contributed by atoms with Crippen molar-refractivity contribution in [1.82, 2.24) is 9.29 Å². The van der Waals surface area contributed by atoms with Gasteiger partial charge in [0.2, 0.25) is 10.0 Å². The summed E-state index contributed by atoms with van der Waals surface area (Å²) >= 11 is 0. The summed E-state index contributed by atoms with van der Waals surface area (Å²) < 4.78 is 50.2. The Morgan fingerprint density at radius 3 is 3.00 bits per heavy atom. The molecule has 0 N–H and O–H groups in total. The predicted molar refractivity (Wildman–Crippen MR) is 72.9 cm³/mol. The highest BCUT2D eigenvalue weighted by molar-refractivity contribution is 7.88. The molecule has 8 heteroatoms. The number of fused-ring (bicyclic) bond motifs is 2. The van der Waals surface area contributed by atoms with E-state index in [1.165, 1.54) is 28.9 Å². The first kappa shape index (κ1) is 14.7. The molecule has 1 saturated carbocycles. The quantitative estimate of drug-likeness (QED) is 0.825. The van der Waals surface area contributed by atoms with Crippen LogP contribution in [0.3, 0.4) is 0 Å². The lowest BCUT2D eigenvalue weighted by molar-refractivity contribution is 0.000680. The summed E-state index contributed by atoms with van der Waals surface area (Å²) in [4.78, 5) is 3.87. The molecule has 116 valence electrons. The second-order valence-corrected chi connectivity index (χ2v) is 7.24. The SMILES string of the molecule is CS(=O)(=O)N1CCOC2CCC1C2Oc1ncccc1F. The standard InChI is InChI=1S/C13H17FN2O4S/c1-21(17,18)16-7-8-19-11-5-4-10(16)12(11)20-13-9(14)3-2-6-15-13/h2-3,6,10-12H,4-5,7-8H2,1H3. The third-order valence-electron chi connectivity index (χ3n) is 3.90. The van der Waals surface area contributed by atoms with Gasteiger partial charge in [-0.1, -0.05) is 0 Å². The zero-order chi connectivity index (χ0) is 15.0. The first-order valence-corrected chi connectivity index (χ1v) is 8.67. The van der Waals surface area contributed by atoms with Crippen LogP contribution in [-0.4, -0.2) is 55.4 Å². The highest BCUT2D eigenvalue weighted by Crippen LogP contribution is 2.34. The lowest BCUT2D eigenvalue weighted by Crippen LogP contribution is -2.47. The zero-order valence-electron chi connectivity index (χ0n) is 11.6. The molecule has 1 saturated heterocycles. The van der Waals surface area contributed by atoms with E-state index in [-0.39, 0.29) is 18.0 Å². The smallest absolute Gasteiger partial charge is 0.250 e. The Bertz CT molecular complexity index is 624. The van der Waals surface area contributed by atoms with Crippen molar-refractivity contribution in [3.8, 4) is 5.88 Å². The molecular weight excluding hydrogens is 299 g/mol. The molecule has 21 heavy (non-hydrogen) atoms. The van der Waals surface area contributed by atoms with Crippen LogP contribution in [0.15, 0.2) is 18.3 Å². The van der Waals surface area contributed by atoms with Gasteiger partial charge in [-0.3, -0.25) is 0 Å². The average Bonchev–Trinajstić information content (AvgIpc) is 2.66. The molecule has 0 radical (unpaired) electrons. The number of sulfonamides is 1. The zero-order valence-corrected chi connectivity index (χ0v) is 12.4. The van der Waals surface area contributed by atoms with E-state index in [2.05, 4.69) is 4.98 Å². The molecule has 0 aromatic carbocycles. The Hall–Kier alpha value is -1.25. The Morgan fingerprint density at radius 2 is 2.29 bits per heavy atom. The Balaban J connectivity index is 1.88. The van der Waals surface area contributed by atoms with Crippen molar-refractivity contribution in [3.05, 3.63) is 24.1 Å². The predicted octanol–water partition coefficient (Wildman–Crippen LogP) is 0.791. The minimum Gasteiger partial charge on any atom is -0.468 e. The Kier molecular flexibility index (Phi) is 3.85. The normalized spacial score (nSPS) is 30.1. The van der Waals surface area contributed by atoms with E-state index in [9.17, 15) is 12.8 Å². The third kappa shape index (κ3) is 2.88. The van der Waals surface area contributed by atoms with Crippen LogP contribution in [-0.2, 0) is 14.8 Å². The summed E-state index contributed by atoms with van der Waals surface area (Å²) in [7, 11) is -3.36. The van der Waals surface area contributed by atoms with Gasteiger partial charge in [-0.25, -0.2) is 17.8 Å². The van der Waals surface area contributed by atoms with Gasteiger partial charge in [0.1, 0.15) is 6.10 Å². The second kappa shape index (κ2) is 5.51. The average molecular weight is 316 g/mol. The van der Waals surface area contributed by atoms with E-state index < -0.39 is 21.9 Å². The van der Waals surface area contributed by atoms with Gasteiger partial charge in [-0.2, -0.15) is 4.31 Å². The molecule has 2 bridgehead atoms. The van der Waals surface area contributed by atoms with E-state index in [1.54, 1.807) is 0 Å². The highest BCUT2D eigenvalue weighted by atomic mass is 32.2. The number of hydrogen-bond acceptors (Lipinski definition) is 5. The van der Waals surface area contributed by atoms with Gasteiger partial charge >= 0.3 is 0 Å². The van der Waals surface area contributed by atoms with Gasteiger partial charge in [-0.15, -0.1) is 0 Å². The third-order valence-corrected chi connectivity index (χ3v) is 5.21. The largest absolute Gasteiger partial charge is 0.468 e. The lowest BCUT2D eigenvalue weighted by atomic mass is 10.2. The first-order valence-electron chi connectivity index (χ1n) is 6.82. The molecule has 3 unspecified atom stereocenters. The number of hydrogen-bond donors (Lipinski definition) is 0. The van der Waals surface area contributed by atoms with Gasteiger partial charge in [0, 0.05) is 12.7 Å². The number of nitrogens with zero attached hydrogens (tertiary/aromatic N) is 2. The summed E-state index contributed by atoms with van der Waals surface area (Å²) in [6.45, 7) is 0.614. The van der Waals surface area contributed by atoms with Crippen LogP contribution in [0.25, 0.3) is 0 Å². The van der Waals surface area contributed by atoms with E-state index >= 15 is 0 Å². The molecule has 1 aliphatic carbocycles. The second-order valence-electron chi connectivity index (χ2n) is 5.30. The summed E-state index contributed by atoms with van der Waals surface area (Å²) in [5.74, 6) is -0.676. The molecular formula is C13H17FN2O4S. The summed E-state index contributed by atoms with van der Waals surface area (Å²) in [5.41, 5.74) is 0. The van der Waals surface area contributed by atoms with Crippen molar-refractivity contribution in [1.29, 1.82) is 0 Å². The molecule has 3 rings (SSSR count). The molecule has 2 heterocycles. The van der Waals surface area contributed by atoms with Crippen LogP contribution in [0.4, 0.5) is 4.39 Å². The lowest BCUT2D eigenvalue weighted by Gasteiger charge is -2.29. The van der Waals surface area contributed by atoms with Gasteiger partial charge in [0.25, 0.3) is 5.88 Å². The number of ether oxygens (including phenoxy) is 2. The van der Waals surface area contributed by atoms with Crippen molar-refractivity contribution in [2.45, 2.75) is 31.1 Å². The van der Waals surface area contributed by atoms with Crippen molar-refractivity contribution >= 4 is 10.0 Å². The van der Waals surface area contributed by atoms with Gasteiger partial charge in [0.05, 0.1) is 25.0 Å². The van der Waals surface area contributed by atoms with Crippen LogP contribution in [0.2, 0.25) is 0 Å². The van der Waals surface area contributed by atoms with Crippen LogP contribution < -0.4 is 4.74 Å². The van der Waals surface area contributed by atoms with E-state index in [4.69, 9.17) is 9.47 Å². The monoisotopic (exact) mass is 316 g/mol. The van der Waals surface area contributed by atoms with Crippen molar-refractivity contribution < 1.29 is 22.3 Å². The molecule has 1 aromatic heterocycles. The Labute approximate surface area is 122 Å². The van der Waals surface area contributed by atoms with Crippen molar-refractivity contribution in [3.63, 3.8) is 0 Å². The molecule has 1 aromatic rings. The maximum Gasteiger partial charge on any atom is 0.250 e. The minimum atomic E-state index is -3.36. The summed E-state index contributed by atoms with van der Waals surface area (Å²) in [5, 5.41) is 0.